The Morgan fingerprint density at radius 3 is 2.68 bits per heavy atom. The highest BCUT2D eigenvalue weighted by molar-refractivity contribution is 5.32. The highest BCUT2D eigenvalue weighted by Crippen LogP contribution is 2.58. The average Bonchev–Trinajstić information content (AvgIpc) is 3.07. The molecule has 1 saturated heterocycles. The fourth-order valence-corrected chi connectivity index (χ4v) is 3.12. The largest absolute Gasteiger partial charge is 0.381 e. The number of ether oxygens (including phenoxy) is 1. The third-order valence-corrected chi connectivity index (χ3v) is 4.68. The molecule has 1 atom stereocenters. The minimum absolute atomic E-state index is 0.521. The molecule has 2 fully saturated rings. The maximum Gasteiger partial charge on any atom is 0.0480 e. The first-order valence-corrected chi connectivity index (χ1v) is 7.55. The first-order valence-electron chi connectivity index (χ1n) is 7.55. The lowest BCUT2D eigenvalue weighted by molar-refractivity contribution is 0.0776. The van der Waals surface area contributed by atoms with Gasteiger partial charge in [-0.15, -0.1) is 0 Å². The Morgan fingerprint density at radius 1 is 1.26 bits per heavy atom. The van der Waals surface area contributed by atoms with Crippen molar-refractivity contribution in [3.05, 3.63) is 35.4 Å². The Morgan fingerprint density at radius 2 is 2.00 bits per heavy atom. The SMILES string of the molecule is CC1(C)CC1c1cccc(CNC2CCOCC2)c1. The lowest BCUT2D eigenvalue weighted by Crippen LogP contribution is -2.34. The first kappa shape index (κ1) is 13.1. The third-order valence-electron chi connectivity index (χ3n) is 4.68. The molecule has 0 bridgehead atoms. The molecule has 0 spiro atoms. The number of hydrogen-bond acceptors (Lipinski definition) is 2. The van der Waals surface area contributed by atoms with Gasteiger partial charge in [-0.25, -0.2) is 0 Å². The Hall–Kier alpha value is -0.860. The van der Waals surface area contributed by atoms with E-state index in [1.165, 1.54) is 17.5 Å². The monoisotopic (exact) mass is 259 g/mol. The highest BCUT2D eigenvalue weighted by atomic mass is 16.5. The van der Waals surface area contributed by atoms with Crippen LogP contribution in [0.1, 0.15) is 50.2 Å². The van der Waals surface area contributed by atoms with Crippen LogP contribution in [0.15, 0.2) is 24.3 Å². The van der Waals surface area contributed by atoms with E-state index in [2.05, 4.69) is 43.4 Å². The highest BCUT2D eigenvalue weighted by Gasteiger charge is 2.46. The fourth-order valence-electron chi connectivity index (χ4n) is 3.12. The second-order valence-electron chi connectivity index (χ2n) is 6.76. The lowest BCUT2D eigenvalue weighted by atomic mass is 10.0. The predicted octanol–water partition coefficient (Wildman–Crippen LogP) is 3.47. The van der Waals surface area contributed by atoms with Gasteiger partial charge in [-0.1, -0.05) is 38.1 Å². The Balaban J connectivity index is 1.57. The Kier molecular flexibility index (Phi) is 3.64. The van der Waals surface area contributed by atoms with E-state index in [-0.39, 0.29) is 0 Å². The van der Waals surface area contributed by atoms with Crippen molar-refractivity contribution in [3.63, 3.8) is 0 Å². The molecule has 1 aromatic carbocycles. The van der Waals surface area contributed by atoms with Gasteiger partial charge in [0.25, 0.3) is 0 Å². The normalized spacial score (nSPS) is 26.3. The van der Waals surface area contributed by atoms with Crippen LogP contribution in [0, 0.1) is 5.41 Å². The van der Waals surface area contributed by atoms with Crippen molar-refractivity contribution < 1.29 is 4.74 Å². The van der Waals surface area contributed by atoms with Crippen LogP contribution in [-0.4, -0.2) is 19.3 Å². The van der Waals surface area contributed by atoms with Crippen LogP contribution in [0.25, 0.3) is 0 Å². The molecule has 2 nitrogen and oxygen atoms in total. The summed E-state index contributed by atoms with van der Waals surface area (Å²) in [5, 5.41) is 3.67. The average molecular weight is 259 g/mol. The molecule has 1 heterocycles. The molecule has 3 rings (SSSR count). The third kappa shape index (κ3) is 3.18. The molecule has 1 N–H and O–H groups in total. The van der Waals surface area contributed by atoms with Gasteiger partial charge in [-0.3, -0.25) is 0 Å². The summed E-state index contributed by atoms with van der Waals surface area (Å²) in [6, 6.07) is 9.77. The van der Waals surface area contributed by atoms with Gasteiger partial charge in [0, 0.05) is 25.8 Å². The molecule has 0 amide bonds. The molecule has 2 heteroatoms. The van der Waals surface area contributed by atoms with Crippen LogP contribution in [0.3, 0.4) is 0 Å². The molecule has 104 valence electrons. The number of rotatable bonds is 4. The summed E-state index contributed by atoms with van der Waals surface area (Å²) >= 11 is 0. The van der Waals surface area contributed by atoms with Gasteiger partial charge in [0.05, 0.1) is 0 Å². The zero-order chi connectivity index (χ0) is 13.3. The molecular formula is C17H25NO. The summed E-state index contributed by atoms with van der Waals surface area (Å²) in [5.41, 5.74) is 3.47. The standard InChI is InChI=1S/C17H25NO/c1-17(2)11-16(17)14-5-3-4-13(10-14)12-18-15-6-8-19-9-7-15/h3-5,10,15-16,18H,6-9,11-12H2,1-2H3. The van der Waals surface area contributed by atoms with Crippen LogP contribution in [0.4, 0.5) is 0 Å². The number of hydrogen-bond donors (Lipinski definition) is 1. The van der Waals surface area contributed by atoms with Crippen molar-refractivity contribution in [2.45, 2.75) is 51.6 Å². The quantitative estimate of drug-likeness (QED) is 0.894. The summed E-state index contributed by atoms with van der Waals surface area (Å²) in [4.78, 5) is 0. The van der Waals surface area contributed by atoms with Crippen LogP contribution in [0.5, 0.6) is 0 Å². The molecule has 1 aromatic rings. The van der Waals surface area contributed by atoms with Crippen molar-refractivity contribution in [2.24, 2.45) is 5.41 Å². The molecule has 1 unspecified atom stereocenters. The maximum absolute atomic E-state index is 5.39. The Bertz CT molecular complexity index is 435. The number of benzene rings is 1. The van der Waals surface area contributed by atoms with E-state index in [1.807, 2.05) is 0 Å². The summed E-state index contributed by atoms with van der Waals surface area (Å²) in [5.74, 6) is 0.774. The molecule has 0 radical (unpaired) electrons. The second kappa shape index (κ2) is 5.26. The van der Waals surface area contributed by atoms with E-state index < -0.39 is 0 Å². The van der Waals surface area contributed by atoms with Crippen LogP contribution in [0.2, 0.25) is 0 Å². The van der Waals surface area contributed by atoms with Gasteiger partial charge < -0.3 is 10.1 Å². The summed E-state index contributed by atoms with van der Waals surface area (Å²) in [6.07, 6.45) is 3.63. The van der Waals surface area contributed by atoms with Crippen molar-refractivity contribution >= 4 is 0 Å². The van der Waals surface area contributed by atoms with Crippen LogP contribution >= 0.6 is 0 Å². The topological polar surface area (TPSA) is 21.3 Å². The van der Waals surface area contributed by atoms with Crippen molar-refractivity contribution in [3.8, 4) is 0 Å². The summed E-state index contributed by atoms with van der Waals surface area (Å²) in [7, 11) is 0. The minimum atomic E-state index is 0.521. The van der Waals surface area contributed by atoms with E-state index in [0.29, 0.717) is 11.5 Å². The van der Waals surface area contributed by atoms with Crippen LogP contribution in [-0.2, 0) is 11.3 Å². The molecule has 2 aliphatic rings. The van der Waals surface area contributed by atoms with Crippen LogP contribution < -0.4 is 5.32 Å². The zero-order valence-corrected chi connectivity index (χ0v) is 12.1. The van der Waals surface area contributed by atoms with Gasteiger partial charge in [-0.05, 0) is 41.7 Å². The molecule has 19 heavy (non-hydrogen) atoms. The van der Waals surface area contributed by atoms with E-state index in [1.54, 1.807) is 0 Å². The Labute approximate surface area is 116 Å². The molecular weight excluding hydrogens is 234 g/mol. The maximum atomic E-state index is 5.39. The van der Waals surface area contributed by atoms with Gasteiger partial charge in [-0.2, -0.15) is 0 Å². The molecule has 1 aliphatic carbocycles. The van der Waals surface area contributed by atoms with E-state index >= 15 is 0 Å². The van der Waals surface area contributed by atoms with Gasteiger partial charge in [0.2, 0.25) is 0 Å². The second-order valence-corrected chi connectivity index (χ2v) is 6.76. The van der Waals surface area contributed by atoms with Gasteiger partial charge in [0.15, 0.2) is 0 Å². The first-order chi connectivity index (χ1) is 9.15. The predicted molar refractivity (Wildman–Crippen MR) is 78.3 cm³/mol. The minimum Gasteiger partial charge on any atom is -0.381 e. The molecule has 1 aliphatic heterocycles. The smallest absolute Gasteiger partial charge is 0.0480 e. The van der Waals surface area contributed by atoms with Gasteiger partial charge >= 0.3 is 0 Å². The van der Waals surface area contributed by atoms with Crippen molar-refractivity contribution in [1.29, 1.82) is 0 Å². The van der Waals surface area contributed by atoms with E-state index in [4.69, 9.17) is 4.74 Å². The van der Waals surface area contributed by atoms with Crippen molar-refractivity contribution in [2.75, 3.05) is 13.2 Å². The van der Waals surface area contributed by atoms with Crippen molar-refractivity contribution in [1.82, 2.24) is 5.32 Å². The summed E-state index contributed by atoms with van der Waals surface area (Å²) < 4.78 is 5.39. The fraction of sp³-hybridized carbons (Fsp3) is 0.647. The van der Waals surface area contributed by atoms with E-state index in [0.717, 1.165) is 38.5 Å². The lowest BCUT2D eigenvalue weighted by Gasteiger charge is -2.23. The van der Waals surface area contributed by atoms with E-state index in [9.17, 15) is 0 Å². The molecule has 1 saturated carbocycles. The molecule has 0 aromatic heterocycles. The zero-order valence-electron chi connectivity index (χ0n) is 12.1. The van der Waals surface area contributed by atoms with Gasteiger partial charge in [0.1, 0.15) is 0 Å². The summed E-state index contributed by atoms with van der Waals surface area (Å²) in [6.45, 7) is 7.54. The number of nitrogens with one attached hydrogen (secondary N) is 1.